The zero-order valence-corrected chi connectivity index (χ0v) is 9.01. The van der Waals surface area contributed by atoms with Gasteiger partial charge in [0.2, 0.25) is 0 Å². The first-order chi connectivity index (χ1) is 7.27. The van der Waals surface area contributed by atoms with E-state index in [1.807, 2.05) is 24.5 Å². The Hall–Kier alpha value is -1.70. The number of nitrogens with zero attached hydrogens (tertiary/aromatic N) is 2. The van der Waals surface area contributed by atoms with Gasteiger partial charge in [0.25, 0.3) is 0 Å². The summed E-state index contributed by atoms with van der Waals surface area (Å²) >= 11 is 0. The summed E-state index contributed by atoms with van der Waals surface area (Å²) in [5.41, 5.74) is 3.36. The van der Waals surface area contributed by atoms with Crippen LogP contribution < -0.4 is 0 Å². The first kappa shape index (κ1) is 9.84. The molecule has 0 unspecified atom stereocenters. The Balaban J connectivity index is 2.32. The molecule has 0 spiro atoms. The van der Waals surface area contributed by atoms with Gasteiger partial charge in [-0.25, -0.2) is 0 Å². The van der Waals surface area contributed by atoms with Crippen molar-refractivity contribution < 1.29 is 0 Å². The molecule has 0 aliphatic rings. The Kier molecular flexibility index (Phi) is 2.77. The lowest BCUT2D eigenvalue weighted by Gasteiger charge is -2.05. The van der Waals surface area contributed by atoms with Crippen LogP contribution in [0, 0.1) is 0 Å². The molecule has 0 aliphatic heterocycles. The number of hydrogen-bond acceptors (Lipinski definition) is 2. The predicted molar refractivity (Wildman–Crippen MR) is 61.6 cm³/mol. The van der Waals surface area contributed by atoms with Gasteiger partial charge in [-0.3, -0.25) is 9.97 Å². The highest BCUT2D eigenvalue weighted by Gasteiger charge is 2.01. The van der Waals surface area contributed by atoms with Crippen molar-refractivity contribution in [1.29, 1.82) is 0 Å². The first-order valence-electron chi connectivity index (χ1n) is 5.13. The summed E-state index contributed by atoms with van der Waals surface area (Å²) < 4.78 is 0. The lowest BCUT2D eigenvalue weighted by molar-refractivity contribution is 0.823. The smallest absolute Gasteiger partial charge is 0.0429 e. The molecule has 0 bridgehead atoms. The van der Waals surface area contributed by atoms with Crippen molar-refractivity contribution in [3.05, 3.63) is 48.5 Å². The number of hydrogen-bond donors (Lipinski definition) is 0. The summed E-state index contributed by atoms with van der Waals surface area (Å²) in [6.45, 7) is 4.29. The minimum Gasteiger partial charge on any atom is -0.264 e. The van der Waals surface area contributed by atoms with E-state index in [0.717, 1.165) is 16.8 Å². The third-order valence-electron chi connectivity index (χ3n) is 2.37. The van der Waals surface area contributed by atoms with Gasteiger partial charge in [-0.15, -0.1) is 0 Å². The van der Waals surface area contributed by atoms with Crippen LogP contribution in [0.5, 0.6) is 0 Å². The SMILES string of the molecule is CC(C)c1ccc(-c2cccnc2)cn1. The van der Waals surface area contributed by atoms with Gasteiger partial charge in [0.05, 0.1) is 0 Å². The minimum absolute atomic E-state index is 0.480. The maximum Gasteiger partial charge on any atom is 0.0429 e. The molecule has 76 valence electrons. The highest BCUT2D eigenvalue weighted by atomic mass is 14.7. The zero-order valence-electron chi connectivity index (χ0n) is 9.01. The molecule has 0 aromatic carbocycles. The minimum atomic E-state index is 0.480. The van der Waals surface area contributed by atoms with Crippen LogP contribution in [0.25, 0.3) is 11.1 Å². The third kappa shape index (κ3) is 2.21. The van der Waals surface area contributed by atoms with E-state index >= 15 is 0 Å². The van der Waals surface area contributed by atoms with E-state index < -0.39 is 0 Å². The summed E-state index contributed by atoms with van der Waals surface area (Å²) in [5, 5.41) is 0. The molecule has 2 aromatic rings. The Morgan fingerprint density at radius 3 is 2.33 bits per heavy atom. The Bertz CT molecular complexity index is 418. The Morgan fingerprint density at radius 1 is 1.00 bits per heavy atom. The van der Waals surface area contributed by atoms with Crippen LogP contribution in [0.15, 0.2) is 42.9 Å². The molecule has 0 aliphatic carbocycles. The van der Waals surface area contributed by atoms with Gasteiger partial charge in [-0.1, -0.05) is 26.0 Å². The second-order valence-electron chi connectivity index (χ2n) is 3.87. The standard InChI is InChI=1S/C13H14N2/c1-10(2)13-6-5-12(9-15-13)11-4-3-7-14-8-11/h3-10H,1-2H3. The molecular formula is C13H14N2. The van der Waals surface area contributed by atoms with Gasteiger partial charge in [-0.2, -0.15) is 0 Å². The van der Waals surface area contributed by atoms with Crippen LogP contribution in [0.4, 0.5) is 0 Å². The summed E-state index contributed by atoms with van der Waals surface area (Å²) in [7, 11) is 0. The molecule has 0 N–H and O–H groups in total. The van der Waals surface area contributed by atoms with E-state index in [1.165, 1.54) is 0 Å². The average molecular weight is 198 g/mol. The first-order valence-corrected chi connectivity index (χ1v) is 5.13. The number of rotatable bonds is 2. The van der Waals surface area contributed by atoms with E-state index in [1.54, 1.807) is 6.20 Å². The van der Waals surface area contributed by atoms with E-state index in [2.05, 4.69) is 35.9 Å². The molecule has 2 heteroatoms. The summed E-state index contributed by atoms with van der Waals surface area (Å²) in [6, 6.07) is 8.15. The zero-order chi connectivity index (χ0) is 10.7. The molecule has 0 amide bonds. The number of aromatic nitrogens is 2. The second-order valence-corrected chi connectivity index (χ2v) is 3.87. The van der Waals surface area contributed by atoms with Crippen molar-refractivity contribution in [1.82, 2.24) is 9.97 Å². The molecule has 15 heavy (non-hydrogen) atoms. The largest absolute Gasteiger partial charge is 0.264 e. The van der Waals surface area contributed by atoms with Crippen molar-refractivity contribution in [2.45, 2.75) is 19.8 Å². The lowest BCUT2D eigenvalue weighted by Crippen LogP contribution is -1.91. The van der Waals surface area contributed by atoms with Crippen LogP contribution in [0.3, 0.4) is 0 Å². The van der Waals surface area contributed by atoms with E-state index in [9.17, 15) is 0 Å². The van der Waals surface area contributed by atoms with Crippen LogP contribution in [0.1, 0.15) is 25.5 Å². The van der Waals surface area contributed by atoms with E-state index in [4.69, 9.17) is 0 Å². The van der Waals surface area contributed by atoms with Crippen molar-refractivity contribution in [3.8, 4) is 11.1 Å². The Labute approximate surface area is 90.0 Å². The van der Waals surface area contributed by atoms with Crippen molar-refractivity contribution in [2.24, 2.45) is 0 Å². The molecule has 2 aromatic heterocycles. The maximum atomic E-state index is 4.43. The summed E-state index contributed by atoms with van der Waals surface area (Å²) in [6.07, 6.45) is 5.54. The summed E-state index contributed by atoms with van der Waals surface area (Å²) in [5.74, 6) is 0.480. The average Bonchev–Trinajstić information content (AvgIpc) is 2.30. The van der Waals surface area contributed by atoms with Gasteiger partial charge >= 0.3 is 0 Å². The quantitative estimate of drug-likeness (QED) is 0.740. The fraction of sp³-hybridized carbons (Fsp3) is 0.231. The van der Waals surface area contributed by atoms with Gasteiger partial charge in [0.15, 0.2) is 0 Å². The molecule has 0 saturated heterocycles. The van der Waals surface area contributed by atoms with Crippen LogP contribution in [-0.2, 0) is 0 Å². The van der Waals surface area contributed by atoms with E-state index in [0.29, 0.717) is 5.92 Å². The number of pyridine rings is 2. The Morgan fingerprint density at radius 2 is 1.80 bits per heavy atom. The van der Waals surface area contributed by atoms with Gasteiger partial charge < -0.3 is 0 Å². The summed E-state index contributed by atoms with van der Waals surface area (Å²) in [4.78, 5) is 8.52. The van der Waals surface area contributed by atoms with Crippen molar-refractivity contribution in [2.75, 3.05) is 0 Å². The third-order valence-corrected chi connectivity index (χ3v) is 2.37. The molecule has 2 nitrogen and oxygen atoms in total. The fourth-order valence-corrected chi connectivity index (χ4v) is 1.45. The second kappa shape index (κ2) is 4.22. The van der Waals surface area contributed by atoms with Gasteiger partial charge in [0, 0.05) is 35.4 Å². The van der Waals surface area contributed by atoms with Crippen molar-refractivity contribution in [3.63, 3.8) is 0 Å². The molecule has 0 atom stereocenters. The molecule has 0 saturated carbocycles. The van der Waals surface area contributed by atoms with Crippen LogP contribution >= 0.6 is 0 Å². The lowest BCUT2D eigenvalue weighted by atomic mass is 10.1. The van der Waals surface area contributed by atoms with Crippen LogP contribution in [0.2, 0.25) is 0 Å². The topological polar surface area (TPSA) is 25.8 Å². The highest BCUT2D eigenvalue weighted by molar-refractivity contribution is 5.61. The normalized spacial score (nSPS) is 10.6. The molecular weight excluding hydrogens is 184 g/mol. The molecule has 0 radical (unpaired) electrons. The predicted octanol–water partition coefficient (Wildman–Crippen LogP) is 3.27. The molecule has 2 rings (SSSR count). The van der Waals surface area contributed by atoms with Gasteiger partial charge in [-0.05, 0) is 18.1 Å². The monoisotopic (exact) mass is 198 g/mol. The highest BCUT2D eigenvalue weighted by Crippen LogP contribution is 2.19. The molecule has 2 heterocycles. The van der Waals surface area contributed by atoms with Gasteiger partial charge in [0.1, 0.15) is 0 Å². The van der Waals surface area contributed by atoms with Crippen LogP contribution in [-0.4, -0.2) is 9.97 Å². The molecule has 0 fully saturated rings. The van der Waals surface area contributed by atoms with Crippen molar-refractivity contribution >= 4 is 0 Å². The fourth-order valence-electron chi connectivity index (χ4n) is 1.45. The maximum absolute atomic E-state index is 4.43. The van der Waals surface area contributed by atoms with E-state index in [-0.39, 0.29) is 0 Å².